The molecule has 0 aliphatic carbocycles. The Morgan fingerprint density at radius 3 is 2.90 bits per heavy atom. The van der Waals surface area contributed by atoms with E-state index in [-0.39, 0.29) is 5.82 Å². The van der Waals surface area contributed by atoms with Gasteiger partial charge >= 0.3 is 0 Å². The fraction of sp³-hybridized carbons (Fsp3) is 0.625. The Morgan fingerprint density at radius 2 is 2.15 bits per heavy atom. The molecule has 1 aromatic carbocycles. The van der Waals surface area contributed by atoms with Gasteiger partial charge in [-0.1, -0.05) is 12.1 Å². The molecule has 0 amide bonds. The number of piperidine rings is 1. The van der Waals surface area contributed by atoms with E-state index >= 15 is 0 Å². The second-order valence-electron chi connectivity index (χ2n) is 5.54. The summed E-state index contributed by atoms with van der Waals surface area (Å²) in [6.07, 6.45) is 3.71. The van der Waals surface area contributed by atoms with Crippen LogP contribution in [0.2, 0.25) is 0 Å². The summed E-state index contributed by atoms with van der Waals surface area (Å²) in [5.74, 6) is -0.162. The van der Waals surface area contributed by atoms with Crippen molar-refractivity contribution in [3.05, 3.63) is 35.6 Å². The number of nitrogens with one attached hydrogen (secondary N) is 1. The van der Waals surface area contributed by atoms with Gasteiger partial charge in [-0.05, 0) is 57.1 Å². The molecule has 0 aromatic heterocycles. The van der Waals surface area contributed by atoms with Gasteiger partial charge in [0.25, 0.3) is 0 Å². The maximum absolute atomic E-state index is 13.1. The lowest BCUT2D eigenvalue weighted by molar-refractivity contribution is 0.0284. The molecule has 0 bridgehead atoms. The van der Waals surface area contributed by atoms with E-state index in [2.05, 4.69) is 17.3 Å². The summed E-state index contributed by atoms with van der Waals surface area (Å²) in [4.78, 5) is 2.21. The molecule has 1 aliphatic heterocycles. The molecule has 1 aliphatic rings. The van der Waals surface area contributed by atoms with Crippen molar-refractivity contribution in [3.63, 3.8) is 0 Å². The molecule has 1 heterocycles. The summed E-state index contributed by atoms with van der Waals surface area (Å²) in [5, 5.41) is 3.34. The Balaban J connectivity index is 1.59. The molecular formula is C16H25FN2O. The molecule has 3 nitrogen and oxygen atoms in total. The number of ether oxygens (including phenoxy) is 1. The van der Waals surface area contributed by atoms with Crippen molar-refractivity contribution >= 4 is 0 Å². The van der Waals surface area contributed by atoms with Crippen LogP contribution in [-0.2, 0) is 11.3 Å². The molecule has 1 fully saturated rings. The van der Waals surface area contributed by atoms with Crippen molar-refractivity contribution in [1.82, 2.24) is 10.2 Å². The predicted octanol–water partition coefficient (Wildman–Crippen LogP) is 2.42. The molecule has 1 saturated heterocycles. The number of rotatable bonds is 7. The quantitative estimate of drug-likeness (QED) is 0.776. The van der Waals surface area contributed by atoms with E-state index in [0.717, 1.165) is 57.6 Å². The van der Waals surface area contributed by atoms with Crippen molar-refractivity contribution in [2.75, 3.05) is 33.3 Å². The molecule has 0 atom stereocenters. The van der Waals surface area contributed by atoms with E-state index in [4.69, 9.17) is 4.74 Å². The normalized spacial score (nSPS) is 16.8. The summed E-state index contributed by atoms with van der Waals surface area (Å²) in [6, 6.07) is 6.81. The van der Waals surface area contributed by atoms with Gasteiger partial charge in [0.1, 0.15) is 5.82 Å². The lowest BCUT2D eigenvalue weighted by Crippen LogP contribution is -2.33. The SMILES string of the molecule is CN(CCCOC1CCNCC1)Cc1cccc(F)c1. The molecular weight excluding hydrogens is 255 g/mol. The number of halogens is 1. The molecule has 2 rings (SSSR count). The van der Waals surface area contributed by atoms with Crippen LogP contribution < -0.4 is 5.32 Å². The topological polar surface area (TPSA) is 24.5 Å². The minimum atomic E-state index is -0.162. The van der Waals surface area contributed by atoms with Crippen LogP contribution in [0, 0.1) is 5.82 Å². The van der Waals surface area contributed by atoms with Crippen molar-refractivity contribution in [1.29, 1.82) is 0 Å². The first-order valence-corrected chi connectivity index (χ1v) is 7.49. The molecule has 1 aromatic rings. The highest BCUT2D eigenvalue weighted by Gasteiger charge is 2.12. The molecule has 20 heavy (non-hydrogen) atoms. The number of hydrogen-bond donors (Lipinski definition) is 1. The summed E-state index contributed by atoms with van der Waals surface area (Å²) < 4.78 is 19.0. The van der Waals surface area contributed by atoms with Gasteiger partial charge in [-0.2, -0.15) is 0 Å². The largest absolute Gasteiger partial charge is 0.378 e. The van der Waals surface area contributed by atoms with Crippen molar-refractivity contribution in [2.45, 2.75) is 31.9 Å². The lowest BCUT2D eigenvalue weighted by Gasteiger charge is -2.23. The Hall–Kier alpha value is -0.970. The van der Waals surface area contributed by atoms with Crippen molar-refractivity contribution in [2.24, 2.45) is 0 Å². The summed E-state index contributed by atoms with van der Waals surface area (Å²) in [7, 11) is 2.06. The second-order valence-corrected chi connectivity index (χ2v) is 5.54. The highest BCUT2D eigenvalue weighted by Crippen LogP contribution is 2.09. The Bertz CT molecular complexity index is 394. The standard InChI is InChI=1S/C16H25FN2O/c1-19(13-14-4-2-5-15(17)12-14)10-3-11-20-16-6-8-18-9-7-16/h2,4-5,12,16,18H,3,6-11,13H2,1H3. The van der Waals surface area contributed by atoms with Gasteiger partial charge in [-0.15, -0.1) is 0 Å². The maximum Gasteiger partial charge on any atom is 0.123 e. The van der Waals surface area contributed by atoms with Gasteiger partial charge in [0.05, 0.1) is 6.10 Å². The summed E-state index contributed by atoms with van der Waals surface area (Å²) in [6.45, 7) is 4.72. The van der Waals surface area contributed by atoms with Crippen molar-refractivity contribution in [3.8, 4) is 0 Å². The average molecular weight is 280 g/mol. The van der Waals surface area contributed by atoms with Crippen LogP contribution in [0.4, 0.5) is 4.39 Å². The van der Waals surface area contributed by atoms with Gasteiger partial charge in [0.2, 0.25) is 0 Å². The number of hydrogen-bond acceptors (Lipinski definition) is 3. The predicted molar refractivity (Wildman–Crippen MR) is 79.2 cm³/mol. The van der Waals surface area contributed by atoms with Crippen LogP contribution in [-0.4, -0.2) is 44.3 Å². The molecule has 0 saturated carbocycles. The Labute approximate surface area is 121 Å². The van der Waals surface area contributed by atoms with Crippen molar-refractivity contribution < 1.29 is 9.13 Å². The maximum atomic E-state index is 13.1. The van der Waals surface area contributed by atoms with E-state index in [1.54, 1.807) is 12.1 Å². The van der Waals surface area contributed by atoms with Crippen LogP contribution in [0.3, 0.4) is 0 Å². The second kappa shape index (κ2) is 8.35. The van der Waals surface area contributed by atoms with E-state index in [9.17, 15) is 4.39 Å². The average Bonchev–Trinajstić information content (AvgIpc) is 2.45. The minimum absolute atomic E-state index is 0.162. The Morgan fingerprint density at radius 1 is 1.35 bits per heavy atom. The van der Waals surface area contributed by atoms with Gasteiger partial charge in [0.15, 0.2) is 0 Å². The zero-order chi connectivity index (χ0) is 14.2. The zero-order valence-corrected chi connectivity index (χ0v) is 12.3. The third-order valence-electron chi connectivity index (χ3n) is 3.67. The zero-order valence-electron chi connectivity index (χ0n) is 12.3. The fourth-order valence-electron chi connectivity index (χ4n) is 2.57. The first-order valence-electron chi connectivity index (χ1n) is 7.49. The first kappa shape index (κ1) is 15.4. The van der Waals surface area contributed by atoms with Crippen LogP contribution in [0.5, 0.6) is 0 Å². The third-order valence-corrected chi connectivity index (χ3v) is 3.67. The molecule has 1 N–H and O–H groups in total. The smallest absolute Gasteiger partial charge is 0.123 e. The number of nitrogens with zero attached hydrogens (tertiary/aromatic N) is 1. The molecule has 0 spiro atoms. The van der Waals surface area contributed by atoms with Gasteiger partial charge in [-0.3, -0.25) is 0 Å². The highest BCUT2D eigenvalue weighted by atomic mass is 19.1. The Kier molecular flexibility index (Phi) is 6.43. The van der Waals surface area contributed by atoms with Gasteiger partial charge < -0.3 is 15.0 Å². The highest BCUT2D eigenvalue weighted by molar-refractivity contribution is 5.15. The van der Waals surface area contributed by atoms with Crippen LogP contribution in [0.25, 0.3) is 0 Å². The molecule has 112 valence electrons. The third kappa shape index (κ3) is 5.57. The minimum Gasteiger partial charge on any atom is -0.378 e. The van der Waals surface area contributed by atoms with Gasteiger partial charge in [0, 0.05) is 19.7 Å². The fourth-order valence-corrected chi connectivity index (χ4v) is 2.57. The monoisotopic (exact) mass is 280 g/mol. The van der Waals surface area contributed by atoms with E-state index in [1.807, 2.05) is 6.07 Å². The summed E-state index contributed by atoms with van der Waals surface area (Å²) >= 11 is 0. The lowest BCUT2D eigenvalue weighted by atomic mass is 10.1. The van der Waals surface area contributed by atoms with Gasteiger partial charge in [-0.25, -0.2) is 4.39 Å². The molecule has 4 heteroatoms. The van der Waals surface area contributed by atoms with E-state index in [0.29, 0.717) is 6.10 Å². The van der Waals surface area contributed by atoms with Crippen LogP contribution >= 0.6 is 0 Å². The van der Waals surface area contributed by atoms with Crippen LogP contribution in [0.15, 0.2) is 24.3 Å². The summed E-state index contributed by atoms with van der Waals surface area (Å²) in [5.41, 5.74) is 1.02. The van der Waals surface area contributed by atoms with E-state index in [1.165, 1.54) is 6.07 Å². The van der Waals surface area contributed by atoms with E-state index < -0.39 is 0 Å². The first-order chi connectivity index (χ1) is 9.74. The molecule has 0 unspecified atom stereocenters. The van der Waals surface area contributed by atoms with Crippen LogP contribution in [0.1, 0.15) is 24.8 Å². The number of benzene rings is 1. The molecule has 0 radical (unpaired) electrons.